The third-order valence-corrected chi connectivity index (χ3v) is 3.32. The van der Waals surface area contributed by atoms with Gasteiger partial charge in [-0.3, -0.25) is 4.79 Å². The van der Waals surface area contributed by atoms with Gasteiger partial charge in [-0.1, -0.05) is 23.4 Å². The van der Waals surface area contributed by atoms with Crippen LogP contribution in [0.2, 0.25) is 0 Å². The molecule has 0 fully saturated rings. The summed E-state index contributed by atoms with van der Waals surface area (Å²) in [6.07, 6.45) is 2.19. The van der Waals surface area contributed by atoms with Crippen LogP contribution in [0.1, 0.15) is 18.9 Å². The number of likely N-dealkylation sites (N-methyl/N-ethyl adjacent to an activating group) is 1. The first-order valence-corrected chi connectivity index (χ1v) is 5.54. The molecule has 0 N–H and O–H groups in total. The molecule has 1 aliphatic rings. The molecule has 0 saturated carbocycles. The van der Waals surface area contributed by atoms with E-state index < -0.39 is 5.41 Å². The Morgan fingerprint density at radius 3 is 2.88 bits per heavy atom. The Hall–Kier alpha value is -1.84. The van der Waals surface area contributed by atoms with E-state index in [1.807, 2.05) is 31.2 Å². The highest BCUT2D eigenvalue weighted by molar-refractivity contribution is 6.08. The van der Waals surface area contributed by atoms with Crippen molar-refractivity contribution in [2.24, 2.45) is 5.16 Å². The normalized spacial score (nSPS) is 23.2. The number of carbonyl (C=O) groups is 1. The maximum atomic E-state index is 12.3. The molecule has 0 radical (unpaired) electrons. The molecule has 1 heterocycles. The largest absolute Gasteiger partial charge is 0.399 e. The number of hydrogen-bond donors (Lipinski definition) is 0. The quantitative estimate of drug-likeness (QED) is 0.590. The van der Waals surface area contributed by atoms with E-state index in [0.29, 0.717) is 6.42 Å². The molecule has 17 heavy (non-hydrogen) atoms. The number of anilines is 1. The molecule has 1 unspecified atom stereocenters. The first-order chi connectivity index (χ1) is 8.11. The summed E-state index contributed by atoms with van der Waals surface area (Å²) in [5, 5.41) is 3.72. The second kappa shape index (κ2) is 4.20. The Balaban J connectivity index is 2.41. The van der Waals surface area contributed by atoms with Crippen LogP contribution in [0.4, 0.5) is 5.69 Å². The molecule has 0 aliphatic carbocycles. The van der Waals surface area contributed by atoms with Crippen LogP contribution in [0.15, 0.2) is 29.4 Å². The summed E-state index contributed by atoms with van der Waals surface area (Å²) in [6, 6.07) is 7.86. The van der Waals surface area contributed by atoms with Gasteiger partial charge < -0.3 is 9.74 Å². The van der Waals surface area contributed by atoms with Crippen molar-refractivity contribution in [3.8, 4) is 0 Å². The van der Waals surface area contributed by atoms with Gasteiger partial charge in [0.15, 0.2) is 0 Å². The number of benzene rings is 1. The summed E-state index contributed by atoms with van der Waals surface area (Å²) in [5.41, 5.74) is 1.49. The molecule has 90 valence electrons. The lowest BCUT2D eigenvalue weighted by atomic mass is 9.81. The molecule has 1 amide bonds. The third-order valence-electron chi connectivity index (χ3n) is 3.32. The summed E-state index contributed by atoms with van der Waals surface area (Å²) < 4.78 is 0. The van der Waals surface area contributed by atoms with Gasteiger partial charge in [0.2, 0.25) is 5.91 Å². The van der Waals surface area contributed by atoms with Crippen molar-refractivity contribution in [3.05, 3.63) is 29.8 Å². The monoisotopic (exact) mass is 232 g/mol. The van der Waals surface area contributed by atoms with E-state index in [1.54, 1.807) is 18.2 Å². The minimum atomic E-state index is -0.534. The number of hydrogen-bond acceptors (Lipinski definition) is 3. The van der Waals surface area contributed by atoms with Crippen LogP contribution in [-0.4, -0.2) is 26.3 Å². The van der Waals surface area contributed by atoms with Crippen LogP contribution in [0, 0.1) is 0 Å². The van der Waals surface area contributed by atoms with Crippen molar-refractivity contribution in [1.29, 1.82) is 0 Å². The Labute approximate surface area is 101 Å². The highest BCUT2D eigenvalue weighted by Gasteiger charge is 2.45. The first kappa shape index (κ1) is 11.6. The lowest BCUT2D eigenvalue weighted by Gasteiger charge is -2.20. The molecule has 0 bridgehead atoms. The Morgan fingerprint density at radius 2 is 2.18 bits per heavy atom. The average Bonchev–Trinajstić information content (AvgIpc) is 2.54. The van der Waals surface area contributed by atoms with Gasteiger partial charge in [0.25, 0.3) is 0 Å². The number of amides is 1. The van der Waals surface area contributed by atoms with Gasteiger partial charge in [-0.2, -0.15) is 0 Å². The topological polar surface area (TPSA) is 41.9 Å². The van der Waals surface area contributed by atoms with Crippen molar-refractivity contribution in [2.45, 2.75) is 18.8 Å². The number of nitrogens with zero attached hydrogens (tertiary/aromatic N) is 2. The lowest BCUT2D eigenvalue weighted by Crippen LogP contribution is -2.36. The Kier molecular flexibility index (Phi) is 2.88. The van der Waals surface area contributed by atoms with E-state index in [-0.39, 0.29) is 5.91 Å². The minimum Gasteiger partial charge on any atom is -0.399 e. The SMILES string of the molecule is CO/N=C/CC1(C)C(=O)N(C)c2ccccc21. The molecule has 4 heteroatoms. The fraction of sp³-hybridized carbons (Fsp3) is 0.385. The van der Waals surface area contributed by atoms with Gasteiger partial charge in [0.1, 0.15) is 7.11 Å². The van der Waals surface area contributed by atoms with Crippen molar-refractivity contribution in [3.63, 3.8) is 0 Å². The molecule has 4 nitrogen and oxygen atoms in total. The molecular weight excluding hydrogens is 216 g/mol. The number of fused-ring (bicyclic) bond motifs is 1. The van der Waals surface area contributed by atoms with E-state index >= 15 is 0 Å². The van der Waals surface area contributed by atoms with E-state index in [2.05, 4.69) is 9.99 Å². The predicted octanol–water partition coefficient (Wildman–Crippen LogP) is 1.94. The van der Waals surface area contributed by atoms with E-state index in [1.165, 1.54) is 7.11 Å². The third kappa shape index (κ3) is 1.69. The molecule has 1 aromatic carbocycles. The van der Waals surface area contributed by atoms with Gasteiger partial charge in [0, 0.05) is 25.4 Å². The highest BCUT2D eigenvalue weighted by Crippen LogP contribution is 2.42. The summed E-state index contributed by atoms with van der Waals surface area (Å²) in [4.78, 5) is 18.6. The van der Waals surface area contributed by atoms with Crippen LogP contribution in [0.25, 0.3) is 0 Å². The Morgan fingerprint density at radius 1 is 1.47 bits per heavy atom. The van der Waals surface area contributed by atoms with E-state index in [4.69, 9.17) is 0 Å². The molecule has 0 saturated heterocycles. The second-order valence-corrected chi connectivity index (χ2v) is 4.39. The zero-order valence-electron chi connectivity index (χ0n) is 10.3. The summed E-state index contributed by atoms with van der Waals surface area (Å²) in [5.74, 6) is 0.0984. The number of carbonyl (C=O) groups excluding carboxylic acids is 1. The van der Waals surface area contributed by atoms with Gasteiger partial charge in [-0.05, 0) is 18.6 Å². The molecule has 1 aliphatic heterocycles. The average molecular weight is 232 g/mol. The number of rotatable bonds is 3. The molecule has 1 atom stereocenters. The fourth-order valence-electron chi connectivity index (χ4n) is 2.32. The minimum absolute atomic E-state index is 0.0984. The van der Waals surface area contributed by atoms with Crippen molar-refractivity contribution >= 4 is 17.8 Å². The fourth-order valence-corrected chi connectivity index (χ4v) is 2.32. The van der Waals surface area contributed by atoms with Gasteiger partial charge >= 0.3 is 0 Å². The van der Waals surface area contributed by atoms with E-state index in [0.717, 1.165) is 11.3 Å². The molecule has 0 spiro atoms. The maximum Gasteiger partial charge on any atom is 0.237 e. The van der Waals surface area contributed by atoms with Crippen molar-refractivity contribution < 1.29 is 9.63 Å². The second-order valence-electron chi connectivity index (χ2n) is 4.39. The lowest BCUT2D eigenvalue weighted by molar-refractivity contribution is -0.122. The standard InChI is InChI=1S/C13H16N2O2/c1-13(8-9-14-17-3)10-6-4-5-7-11(10)15(2)12(13)16/h4-7,9H,8H2,1-3H3/b14-9+. The molecular formula is C13H16N2O2. The molecule has 2 rings (SSSR count). The van der Waals surface area contributed by atoms with Crippen molar-refractivity contribution in [2.75, 3.05) is 19.1 Å². The first-order valence-electron chi connectivity index (χ1n) is 5.54. The summed E-state index contributed by atoms with van der Waals surface area (Å²) in [6.45, 7) is 1.94. The molecule has 1 aromatic rings. The molecule has 0 aromatic heterocycles. The summed E-state index contributed by atoms with van der Waals surface area (Å²) >= 11 is 0. The zero-order chi connectivity index (χ0) is 12.5. The van der Waals surface area contributed by atoms with Gasteiger partial charge in [0.05, 0.1) is 5.41 Å². The highest BCUT2D eigenvalue weighted by atomic mass is 16.6. The zero-order valence-corrected chi connectivity index (χ0v) is 10.3. The predicted molar refractivity (Wildman–Crippen MR) is 67.3 cm³/mol. The van der Waals surface area contributed by atoms with Crippen LogP contribution in [0.5, 0.6) is 0 Å². The van der Waals surface area contributed by atoms with Gasteiger partial charge in [-0.25, -0.2) is 0 Å². The van der Waals surface area contributed by atoms with Crippen LogP contribution in [0.3, 0.4) is 0 Å². The van der Waals surface area contributed by atoms with Crippen LogP contribution in [-0.2, 0) is 15.0 Å². The Bertz CT molecular complexity index is 470. The van der Waals surface area contributed by atoms with Crippen LogP contribution >= 0.6 is 0 Å². The van der Waals surface area contributed by atoms with Gasteiger partial charge in [-0.15, -0.1) is 0 Å². The maximum absolute atomic E-state index is 12.3. The number of para-hydroxylation sites is 1. The summed E-state index contributed by atoms with van der Waals surface area (Å²) in [7, 11) is 3.30. The van der Waals surface area contributed by atoms with E-state index in [9.17, 15) is 4.79 Å². The smallest absolute Gasteiger partial charge is 0.237 e. The number of oxime groups is 1. The van der Waals surface area contributed by atoms with Crippen molar-refractivity contribution in [1.82, 2.24) is 0 Å². The van der Waals surface area contributed by atoms with Crippen LogP contribution < -0.4 is 4.90 Å².